The average molecular weight is 255 g/mol. The first-order valence-corrected chi connectivity index (χ1v) is 6.97. The molecule has 1 aromatic carbocycles. The second-order valence-corrected chi connectivity index (χ2v) is 4.88. The lowest BCUT2D eigenvalue weighted by molar-refractivity contribution is 0.970. The highest BCUT2D eigenvalue weighted by molar-refractivity contribution is 7.98. The van der Waals surface area contributed by atoms with E-state index in [9.17, 15) is 0 Å². The van der Waals surface area contributed by atoms with Crippen LogP contribution in [0.25, 0.3) is 22.3 Å². The van der Waals surface area contributed by atoms with Gasteiger partial charge in [0.1, 0.15) is 0 Å². The fraction of sp³-hybridized carbons (Fsp3) is 0.143. The molecule has 0 saturated carbocycles. The molecule has 2 aromatic heterocycles. The molecule has 3 nitrogen and oxygen atoms in total. The number of hydrogen-bond donors (Lipinski definition) is 1. The Morgan fingerprint density at radius 1 is 1.11 bits per heavy atom. The maximum atomic E-state index is 4.52. The first-order valence-electron chi connectivity index (χ1n) is 5.74. The second-order valence-electron chi connectivity index (χ2n) is 4.10. The number of aromatic nitrogens is 3. The number of hydrogen-bond acceptors (Lipinski definition) is 3. The van der Waals surface area contributed by atoms with Gasteiger partial charge in [-0.1, -0.05) is 42.1 Å². The number of aromatic amines is 1. The largest absolute Gasteiger partial charge is 0.352 e. The smallest absolute Gasteiger partial charge is 0.188 e. The summed E-state index contributed by atoms with van der Waals surface area (Å²) in [6.07, 6.45) is 1.99. The fourth-order valence-corrected chi connectivity index (χ4v) is 2.42. The Morgan fingerprint density at radius 2 is 1.89 bits per heavy atom. The zero-order chi connectivity index (χ0) is 12.5. The molecule has 0 saturated heterocycles. The molecular weight excluding hydrogens is 242 g/mol. The van der Waals surface area contributed by atoms with Crippen molar-refractivity contribution in [3.63, 3.8) is 0 Å². The second kappa shape index (κ2) is 4.46. The molecule has 1 N–H and O–H groups in total. The van der Waals surface area contributed by atoms with Crippen molar-refractivity contribution < 1.29 is 0 Å². The third kappa shape index (κ3) is 1.88. The summed E-state index contributed by atoms with van der Waals surface area (Å²) < 4.78 is 0. The van der Waals surface area contributed by atoms with Crippen LogP contribution in [0.2, 0.25) is 0 Å². The van der Waals surface area contributed by atoms with Gasteiger partial charge in [0.05, 0.1) is 16.7 Å². The Labute approximate surface area is 110 Å². The fourth-order valence-electron chi connectivity index (χ4n) is 2.00. The molecule has 2 heterocycles. The van der Waals surface area contributed by atoms with Gasteiger partial charge in [-0.05, 0) is 24.8 Å². The average Bonchev–Trinajstić information content (AvgIpc) is 2.84. The van der Waals surface area contributed by atoms with E-state index in [0.717, 1.165) is 27.6 Å². The van der Waals surface area contributed by atoms with E-state index >= 15 is 0 Å². The molecule has 3 rings (SSSR count). The van der Waals surface area contributed by atoms with Crippen molar-refractivity contribution in [3.05, 3.63) is 42.1 Å². The summed E-state index contributed by atoms with van der Waals surface area (Å²) in [5.41, 5.74) is 5.24. The molecular formula is C14H13N3S. The van der Waals surface area contributed by atoms with E-state index in [4.69, 9.17) is 0 Å². The van der Waals surface area contributed by atoms with Crippen molar-refractivity contribution >= 4 is 22.8 Å². The minimum atomic E-state index is 0.818. The van der Waals surface area contributed by atoms with Gasteiger partial charge in [-0.15, -0.1) is 0 Å². The van der Waals surface area contributed by atoms with Crippen molar-refractivity contribution in [2.45, 2.75) is 12.1 Å². The third-order valence-electron chi connectivity index (χ3n) is 2.91. The number of aryl methyl sites for hydroxylation is 1. The summed E-state index contributed by atoms with van der Waals surface area (Å²) >= 11 is 1.57. The van der Waals surface area contributed by atoms with Gasteiger partial charge in [0.2, 0.25) is 0 Å². The molecule has 90 valence electrons. The number of H-pyrrole nitrogens is 1. The molecule has 18 heavy (non-hydrogen) atoms. The molecule has 0 aliphatic rings. The van der Waals surface area contributed by atoms with E-state index in [1.807, 2.05) is 31.4 Å². The number of fused-ring (bicyclic) bond motifs is 1. The lowest BCUT2D eigenvalue weighted by atomic mass is 10.2. The summed E-state index contributed by atoms with van der Waals surface area (Å²) in [5, 5.41) is 0.818. The van der Waals surface area contributed by atoms with Gasteiger partial charge >= 0.3 is 0 Å². The minimum Gasteiger partial charge on any atom is -0.352 e. The number of benzene rings is 1. The molecule has 0 unspecified atom stereocenters. The molecule has 0 fully saturated rings. The zero-order valence-corrected chi connectivity index (χ0v) is 11.1. The normalized spacial score (nSPS) is 11.0. The molecule has 0 aliphatic heterocycles. The van der Waals surface area contributed by atoms with Crippen molar-refractivity contribution in [2.24, 2.45) is 0 Å². The van der Waals surface area contributed by atoms with E-state index in [0.29, 0.717) is 0 Å². The first kappa shape index (κ1) is 11.3. The van der Waals surface area contributed by atoms with Gasteiger partial charge in [0, 0.05) is 5.69 Å². The molecule has 3 aromatic rings. The van der Waals surface area contributed by atoms with Crippen LogP contribution in [0.3, 0.4) is 0 Å². The highest BCUT2D eigenvalue weighted by atomic mass is 32.2. The predicted octanol–water partition coefficient (Wildman–Crippen LogP) is 3.66. The van der Waals surface area contributed by atoms with E-state index in [1.54, 1.807) is 11.8 Å². The molecule has 0 aliphatic carbocycles. The van der Waals surface area contributed by atoms with Gasteiger partial charge in [0.15, 0.2) is 5.16 Å². The van der Waals surface area contributed by atoms with Crippen LogP contribution < -0.4 is 0 Å². The highest BCUT2D eigenvalue weighted by Gasteiger charge is 2.08. The van der Waals surface area contributed by atoms with Crippen LogP contribution >= 0.6 is 11.8 Å². The minimum absolute atomic E-state index is 0.818. The number of nitrogens with one attached hydrogen (secondary N) is 1. The van der Waals surface area contributed by atoms with Gasteiger partial charge in [-0.3, -0.25) is 0 Å². The van der Waals surface area contributed by atoms with Crippen molar-refractivity contribution in [3.8, 4) is 11.3 Å². The van der Waals surface area contributed by atoms with Crippen LogP contribution in [-0.2, 0) is 0 Å². The SMILES string of the molecule is CSc1nc(C)c2[nH]c(-c3ccccc3)cc2n1. The van der Waals surface area contributed by atoms with Crippen LogP contribution in [0.1, 0.15) is 5.69 Å². The summed E-state index contributed by atoms with van der Waals surface area (Å²) in [7, 11) is 0. The van der Waals surface area contributed by atoms with E-state index in [1.165, 1.54) is 5.56 Å². The van der Waals surface area contributed by atoms with Crippen molar-refractivity contribution in [1.29, 1.82) is 0 Å². The predicted molar refractivity (Wildman–Crippen MR) is 75.8 cm³/mol. The Kier molecular flexibility index (Phi) is 2.80. The zero-order valence-electron chi connectivity index (χ0n) is 10.3. The lowest BCUT2D eigenvalue weighted by Crippen LogP contribution is -1.90. The number of thioether (sulfide) groups is 1. The Hall–Kier alpha value is -1.81. The molecule has 0 radical (unpaired) electrons. The van der Waals surface area contributed by atoms with E-state index < -0.39 is 0 Å². The lowest BCUT2D eigenvalue weighted by Gasteiger charge is -1.98. The summed E-state index contributed by atoms with van der Waals surface area (Å²) in [6.45, 7) is 2.01. The molecule has 4 heteroatoms. The third-order valence-corrected chi connectivity index (χ3v) is 3.45. The van der Waals surface area contributed by atoms with Crippen molar-refractivity contribution in [2.75, 3.05) is 6.26 Å². The van der Waals surface area contributed by atoms with Crippen molar-refractivity contribution in [1.82, 2.24) is 15.0 Å². The maximum Gasteiger partial charge on any atom is 0.188 e. The molecule has 0 spiro atoms. The summed E-state index contributed by atoms with van der Waals surface area (Å²) in [6, 6.07) is 12.3. The topological polar surface area (TPSA) is 41.6 Å². The van der Waals surface area contributed by atoms with E-state index in [2.05, 4.69) is 33.2 Å². The Bertz CT molecular complexity index is 689. The Morgan fingerprint density at radius 3 is 2.61 bits per heavy atom. The van der Waals surface area contributed by atoms with Crippen LogP contribution in [0.5, 0.6) is 0 Å². The molecule has 0 atom stereocenters. The van der Waals surface area contributed by atoms with Gasteiger partial charge in [-0.2, -0.15) is 0 Å². The summed E-state index contributed by atoms with van der Waals surface area (Å²) in [4.78, 5) is 12.4. The quantitative estimate of drug-likeness (QED) is 0.561. The van der Waals surface area contributed by atoms with Crippen LogP contribution in [-0.4, -0.2) is 21.2 Å². The highest BCUT2D eigenvalue weighted by Crippen LogP contribution is 2.25. The molecule has 0 amide bonds. The van der Waals surface area contributed by atoms with Gasteiger partial charge < -0.3 is 4.98 Å². The van der Waals surface area contributed by atoms with Crippen LogP contribution in [0, 0.1) is 6.92 Å². The Balaban J connectivity index is 2.20. The summed E-state index contributed by atoms with van der Waals surface area (Å²) in [5.74, 6) is 0. The standard InChI is InChI=1S/C14H13N3S/c1-9-13-12(17-14(15-9)18-2)8-11(16-13)10-6-4-3-5-7-10/h3-8,16H,1-2H3. The number of rotatable bonds is 2. The van der Waals surface area contributed by atoms with Crippen LogP contribution in [0.15, 0.2) is 41.6 Å². The number of nitrogens with zero attached hydrogens (tertiary/aromatic N) is 2. The van der Waals surface area contributed by atoms with Gasteiger partial charge in [0.25, 0.3) is 0 Å². The molecule has 0 bridgehead atoms. The van der Waals surface area contributed by atoms with Crippen LogP contribution in [0.4, 0.5) is 0 Å². The monoisotopic (exact) mass is 255 g/mol. The van der Waals surface area contributed by atoms with Gasteiger partial charge in [-0.25, -0.2) is 9.97 Å². The van der Waals surface area contributed by atoms with E-state index in [-0.39, 0.29) is 0 Å². The first-order chi connectivity index (χ1) is 8.78. The maximum absolute atomic E-state index is 4.52.